The van der Waals surface area contributed by atoms with Crippen LogP contribution in [-0.2, 0) is 59.3 Å². The van der Waals surface area contributed by atoms with E-state index in [-0.39, 0.29) is 41.8 Å². The number of likely N-dealkylation sites (tertiary alicyclic amines) is 1. The molecule has 6 aliphatic heterocycles. The Hall–Kier alpha value is -4.16. The molecule has 2 aromatic rings. The molecule has 8 heterocycles. The van der Waals surface area contributed by atoms with E-state index in [1.165, 1.54) is 5.56 Å². The van der Waals surface area contributed by atoms with Crippen LogP contribution >= 0.6 is 0 Å². The first kappa shape index (κ1) is 44.1. The van der Waals surface area contributed by atoms with Crippen LogP contribution < -0.4 is 5.32 Å². The predicted octanol–water partition coefficient (Wildman–Crippen LogP) is 4.38. The number of hydrogen-bond acceptors (Lipinski definition) is 11. The lowest BCUT2D eigenvalue weighted by molar-refractivity contribution is -0.151. The van der Waals surface area contributed by atoms with E-state index in [1.54, 1.807) is 14.2 Å². The third-order valence-electron chi connectivity index (χ3n) is 16.4. The Labute approximate surface area is 372 Å². The highest BCUT2D eigenvalue weighted by molar-refractivity contribution is 6.07. The number of aryl methyl sites for hydroxylation is 2. The normalized spacial score (nSPS) is 34.5. The van der Waals surface area contributed by atoms with Crippen molar-refractivity contribution in [3.8, 4) is 6.19 Å². The van der Waals surface area contributed by atoms with E-state index in [4.69, 9.17) is 18.9 Å². The lowest BCUT2D eigenvalue weighted by Gasteiger charge is -2.37. The first-order valence-corrected chi connectivity index (χ1v) is 23.6. The highest BCUT2D eigenvalue weighted by atomic mass is 16.5. The maximum absolute atomic E-state index is 14.0. The minimum absolute atomic E-state index is 0.0254. The van der Waals surface area contributed by atoms with E-state index < -0.39 is 10.8 Å². The van der Waals surface area contributed by atoms with E-state index in [0.717, 1.165) is 106 Å². The van der Waals surface area contributed by atoms with Crippen molar-refractivity contribution < 1.29 is 33.3 Å². The lowest BCUT2D eigenvalue weighted by atomic mass is 9.77. The Balaban J connectivity index is 0.000000160. The smallest absolute Gasteiger partial charge is 0.238 e. The Morgan fingerprint density at radius 1 is 0.841 bits per heavy atom. The minimum Gasteiger partial charge on any atom is -0.379 e. The number of aromatic nitrogens is 2. The number of carbonyl (C=O) groups excluding carboxylic acids is 3. The van der Waals surface area contributed by atoms with Crippen LogP contribution in [0.5, 0.6) is 0 Å². The van der Waals surface area contributed by atoms with Crippen molar-refractivity contribution >= 4 is 17.7 Å². The maximum Gasteiger partial charge on any atom is 0.238 e. The number of hydrogen-bond donors (Lipinski definition) is 1. The Kier molecular flexibility index (Phi) is 12.9. The van der Waals surface area contributed by atoms with Crippen LogP contribution in [0, 0.1) is 71.6 Å². The molecule has 8 aliphatic rings. The monoisotopic (exact) mass is 866 g/mol. The van der Waals surface area contributed by atoms with Gasteiger partial charge in [0.2, 0.25) is 17.7 Å². The molecule has 0 bridgehead atoms. The fraction of sp³-hybridized carbons (Fsp3) is 0.714. The molecule has 0 radical (unpaired) electrons. The third kappa shape index (κ3) is 8.48. The molecule has 0 spiro atoms. The van der Waals surface area contributed by atoms with Gasteiger partial charge in [0, 0.05) is 110 Å². The molecule has 6 fully saturated rings. The number of nitrogens with zero attached hydrogens (tertiary/aromatic N) is 6. The van der Waals surface area contributed by atoms with Gasteiger partial charge < -0.3 is 39.0 Å². The van der Waals surface area contributed by atoms with Gasteiger partial charge in [-0.05, 0) is 123 Å². The molecule has 340 valence electrons. The second-order valence-corrected chi connectivity index (χ2v) is 20.3. The predicted molar refractivity (Wildman–Crippen MR) is 232 cm³/mol. The van der Waals surface area contributed by atoms with Gasteiger partial charge in [-0.2, -0.15) is 5.26 Å². The number of nitriles is 1. The highest BCUT2D eigenvalue weighted by Gasteiger charge is 2.62. The topological polar surface area (TPSA) is 159 Å². The van der Waals surface area contributed by atoms with Gasteiger partial charge in [0.05, 0.1) is 30.8 Å². The average molecular weight is 866 g/mol. The van der Waals surface area contributed by atoms with E-state index in [0.29, 0.717) is 82.6 Å². The molecule has 4 saturated heterocycles. The van der Waals surface area contributed by atoms with Crippen molar-refractivity contribution in [1.29, 1.82) is 5.26 Å². The molecule has 2 saturated carbocycles. The quantitative estimate of drug-likeness (QED) is 0.297. The molecule has 14 nitrogen and oxygen atoms in total. The average Bonchev–Trinajstić information content (AvgIpc) is 4.03. The second kappa shape index (κ2) is 18.4. The van der Waals surface area contributed by atoms with Gasteiger partial charge in [-0.15, -0.1) is 0 Å². The largest absolute Gasteiger partial charge is 0.379 e. The summed E-state index contributed by atoms with van der Waals surface area (Å²) >= 11 is 0. The van der Waals surface area contributed by atoms with Gasteiger partial charge in [-0.3, -0.25) is 24.4 Å². The molecule has 2 aliphatic carbocycles. The van der Waals surface area contributed by atoms with Crippen LogP contribution in [0.25, 0.3) is 0 Å². The van der Waals surface area contributed by atoms with Crippen molar-refractivity contribution in [2.24, 2.45) is 46.3 Å². The number of nitrogens with one attached hydrogen (secondary N) is 1. The summed E-state index contributed by atoms with van der Waals surface area (Å²) in [5, 5.41) is 12.6. The van der Waals surface area contributed by atoms with Gasteiger partial charge in [0.15, 0.2) is 6.19 Å². The standard InChI is InChI=1S/C25H34N4O3.C24H33N3O4/c1-17-7-20-12-29(5-3-22(20)27-11-17)24(30)25-10-18(9-21(25)13-28(15-25)16-26)8-19-4-6-32-14-23(19)31-2;1-15-7-18-13-27(5-3-20(18)25-11-15)23(29)24-10-16(9-19(24)12-26-22(24)28)8-17-4-6-31-14-21(17)30-2/h7,11,18-19,21,23H,3-6,8-10,12-15H2,1-2H3;7,11,16-17,19,21H,3-6,8-10,12-14H2,1-2H3,(H,26,28)/t18-,19?,21+,23?,25+;16-,17?,19+,21?,24-/m11/s1. The second-order valence-electron chi connectivity index (χ2n) is 20.3. The Bertz CT molecular complexity index is 2080. The zero-order chi connectivity index (χ0) is 43.9. The number of ether oxygens (including phenoxy) is 4. The van der Waals surface area contributed by atoms with Crippen LogP contribution in [0.4, 0.5) is 0 Å². The van der Waals surface area contributed by atoms with Gasteiger partial charge in [-0.1, -0.05) is 12.1 Å². The van der Waals surface area contributed by atoms with Crippen molar-refractivity contribution in [3.05, 3.63) is 58.2 Å². The van der Waals surface area contributed by atoms with Crippen LogP contribution in [0.1, 0.15) is 85.0 Å². The lowest BCUT2D eigenvalue weighted by Crippen LogP contribution is -2.50. The molecular weight excluding hydrogens is 799 g/mol. The Morgan fingerprint density at radius 2 is 1.40 bits per heavy atom. The van der Waals surface area contributed by atoms with E-state index in [9.17, 15) is 19.6 Å². The van der Waals surface area contributed by atoms with Gasteiger partial charge in [0.25, 0.3) is 0 Å². The number of pyridine rings is 2. The number of carbonyl (C=O) groups is 3. The molecule has 1 N–H and O–H groups in total. The van der Waals surface area contributed by atoms with E-state index >= 15 is 0 Å². The fourth-order valence-corrected chi connectivity index (χ4v) is 13.3. The SMILES string of the molecule is COC1COCCC1C[C@@H]1C[C@H]2CN(C#N)C[C@@]2(C(=O)N2CCc3ncc(C)cc3C2)C1.COC1COCCC1C[C@@H]1C[C@H]2CNC(=O)[C@@]2(C(=O)N2CCc3ncc(C)cc3C2)C1. The zero-order valence-electron chi connectivity index (χ0n) is 37.8. The van der Waals surface area contributed by atoms with Crippen LogP contribution in [0.3, 0.4) is 0 Å². The van der Waals surface area contributed by atoms with Crippen LogP contribution in [0.2, 0.25) is 0 Å². The summed E-state index contributed by atoms with van der Waals surface area (Å²) in [6.45, 7) is 11.4. The van der Waals surface area contributed by atoms with Crippen molar-refractivity contribution in [3.63, 3.8) is 0 Å². The van der Waals surface area contributed by atoms with Crippen LogP contribution in [-0.4, -0.2) is 128 Å². The number of amides is 3. The van der Waals surface area contributed by atoms with E-state index in [1.807, 2.05) is 34.0 Å². The van der Waals surface area contributed by atoms with Crippen molar-refractivity contribution in [2.75, 3.05) is 73.4 Å². The molecule has 63 heavy (non-hydrogen) atoms. The first-order valence-electron chi connectivity index (χ1n) is 23.6. The summed E-state index contributed by atoms with van der Waals surface area (Å²) in [6, 6.07) is 4.29. The summed E-state index contributed by atoms with van der Waals surface area (Å²) in [6.07, 6.45) is 15.6. The van der Waals surface area contributed by atoms with Gasteiger partial charge >= 0.3 is 0 Å². The maximum atomic E-state index is 14.0. The number of fused-ring (bicyclic) bond motifs is 4. The number of rotatable bonds is 8. The molecular formula is C49H67N7O7. The Morgan fingerprint density at radius 3 is 1.97 bits per heavy atom. The molecule has 3 amide bonds. The molecule has 2 aromatic heterocycles. The van der Waals surface area contributed by atoms with E-state index in [2.05, 4.69) is 40.5 Å². The summed E-state index contributed by atoms with van der Waals surface area (Å²) < 4.78 is 22.5. The fourth-order valence-electron chi connectivity index (χ4n) is 13.3. The van der Waals surface area contributed by atoms with Gasteiger partial charge in [-0.25, -0.2) is 0 Å². The molecule has 0 aromatic carbocycles. The van der Waals surface area contributed by atoms with Crippen molar-refractivity contribution in [1.82, 2.24) is 30.0 Å². The van der Waals surface area contributed by atoms with Gasteiger partial charge in [0.1, 0.15) is 5.41 Å². The molecule has 14 heteroatoms. The summed E-state index contributed by atoms with van der Waals surface area (Å²) in [5.74, 6) is 2.39. The summed E-state index contributed by atoms with van der Waals surface area (Å²) in [5.41, 5.74) is 5.40. The highest BCUT2D eigenvalue weighted by Crippen LogP contribution is 2.55. The summed E-state index contributed by atoms with van der Waals surface area (Å²) in [7, 11) is 3.52. The minimum atomic E-state index is -0.896. The number of methoxy groups -OCH3 is 2. The zero-order valence-corrected chi connectivity index (χ0v) is 37.8. The first-order chi connectivity index (χ1) is 30.5. The van der Waals surface area contributed by atoms with Crippen LogP contribution in [0.15, 0.2) is 24.5 Å². The molecule has 10 rings (SSSR count). The third-order valence-corrected chi connectivity index (χ3v) is 16.4. The molecule has 4 unspecified atom stereocenters. The summed E-state index contributed by atoms with van der Waals surface area (Å²) in [4.78, 5) is 55.9. The molecule has 10 atom stereocenters. The van der Waals surface area contributed by atoms with Crippen molar-refractivity contribution in [2.45, 2.75) is 103 Å².